The number of hydrogen-bond acceptors (Lipinski definition) is 1. The second-order valence-electron chi connectivity index (χ2n) is 18.5. The Balaban J connectivity index is 1.08. The number of nitrogens with zero attached hydrogens (tertiary/aromatic N) is 1. The number of anilines is 3. The van der Waals surface area contributed by atoms with Gasteiger partial charge in [0.15, 0.2) is 0 Å². The lowest BCUT2D eigenvalue weighted by molar-refractivity contribution is 0.660. The molecule has 1 nitrogen and oxygen atoms in total. The quantitative estimate of drug-likeness (QED) is 0.151. The van der Waals surface area contributed by atoms with Gasteiger partial charge in [-0.1, -0.05) is 185 Å². The predicted molar refractivity (Wildman–Crippen MR) is 268 cm³/mol. The first-order valence-electron chi connectivity index (χ1n) is 22.3. The topological polar surface area (TPSA) is 3.24 Å². The van der Waals surface area contributed by atoms with Gasteiger partial charge in [-0.2, -0.15) is 0 Å². The van der Waals surface area contributed by atoms with Gasteiger partial charge >= 0.3 is 0 Å². The average molecular weight is 806 g/mol. The molecule has 0 radical (unpaired) electrons. The highest BCUT2D eigenvalue weighted by Gasteiger charge is 2.37. The van der Waals surface area contributed by atoms with Crippen LogP contribution in [0, 0.1) is 0 Å². The molecule has 0 saturated carbocycles. The van der Waals surface area contributed by atoms with Gasteiger partial charge in [-0.15, -0.1) is 0 Å². The zero-order valence-electron chi connectivity index (χ0n) is 36.2. The third-order valence-corrected chi connectivity index (χ3v) is 14.3. The van der Waals surface area contributed by atoms with Gasteiger partial charge in [0.1, 0.15) is 0 Å². The van der Waals surface area contributed by atoms with Crippen molar-refractivity contribution in [2.24, 2.45) is 0 Å². The smallest absolute Gasteiger partial charge is 0.0462 e. The van der Waals surface area contributed by atoms with Crippen LogP contribution >= 0.6 is 0 Å². The van der Waals surface area contributed by atoms with Crippen molar-refractivity contribution in [3.63, 3.8) is 0 Å². The van der Waals surface area contributed by atoms with E-state index in [1.54, 1.807) is 0 Å². The minimum absolute atomic E-state index is 0.0990. The molecule has 0 aromatic heterocycles. The Bertz CT molecular complexity index is 3390. The fourth-order valence-electron chi connectivity index (χ4n) is 11.1. The van der Waals surface area contributed by atoms with E-state index in [4.69, 9.17) is 0 Å². The van der Waals surface area contributed by atoms with Crippen LogP contribution in [0.15, 0.2) is 212 Å². The zero-order chi connectivity index (χ0) is 42.5. The molecule has 0 aliphatic heterocycles. The Morgan fingerprint density at radius 3 is 1.17 bits per heavy atom. The Morgan fingerprint density at radius 1 is 0.270 bits per heavy atom. The van der Waals surface area contributed by atoms with E-state index < -0.39 is 0 Å². The summed E-state index contributed by atoms with van der Waals surface area (Å²) >= 11 is 0. The molecule has 0 spiro atoms. The lowest BCUT2D eigenvalue weighted by Crippen LogP contribution is -2.15. The molecule has 12 rings (SSSR count). The molecule has 1 heteroatoms. The molecule has 0 heterocycles. The largest absolute Gasteiger partial charge is 0.311 e. The van der Waals surface area contributed by atoms with Crippen LogP contribution in [0.5, 0.6) is 0 Å². The van der Waals surface area contributed by atoms with E-state index in [1.807, 2.05) is 0 Å². The maximum Gasteiger partial charge on any atom is 0.0462 e. The van der Waals surface area contributed by atoms with Crippen LogP contribution in [-0.4, -0.2) is 0 Å². The second-order valence-corrected chi connectivity index (χ2v) is 18.5. The standard InChI is InChI=1S/C62H47N/c1-61(2)55-25-15-13-21-47(55)49-34-30-42(38-57(49)61)59-51-23-11-12-24-52(51)60(43-31-35-50-48-22-14-16-26-56(48)62(3,4)58(50)39-43)54-37-41(29-36-53(54)59)40-27-32-46(33-28-40)63(44-17-7-5-8-18-44)45-19-9-6-10-20-45/h5-39H,1-4H3. The first kappa shape index (κ1) is 37.3. The highest BCUT2D eigenvalue weighted by Crippen LogP contribution is 2.54. The third-order valence-electron chi connectivity index (χ3n) is 14.3. The van der Waals surface area contributed by atoms with Gasteiger partial charge in [0.05, 0.1) is 0 Å². The molecule has 300 valence electrons. The lowest BCUT2D eigenvalue weighted by Gasteiger charge is -2.25. The summed E-state index contributed by atoms with van der Waals surface area (Å²) in [6, 6.07) is 79.0. The second kappa shape index (κ2) is 14.0. The molecule has 0 saturated heterocycles. The number of benzene rings is 10. The normalized spacial score (nSPS) is 14.0. The van der Waals surface area contributed by atoms with Crippen molar-refractivity contribution in [3.05, 3.63) is 235 Å². The summed E-state index contributed by atoms with van der Waals surface area (Å²) in [5.41, 5.74) is 21.6. The Labute approximate surface area is 370 Å². The van der Waals surface area contributed by atoms with Crippen LogP contribution in [0.25, 0.3) is 77.2 Å². The van der Waals surface area contributed by atoms with Crippen molar-refractivity contribution in [1.82, 2.24) is 0 Å². The number of rotatable bonds is 6. The van der Waals surface area contributed by atoms with E-state index in [0.717, 1.165) is 17.1 Å². The van der Waals surface area contributed by atoms with Crippen LogP contribution in [0.3, 0.4) is 0 Å². The summed E-state index contributed by atoms with van der Waals surface area (Å²) in [6.45, 7) is 9.52. The highest BCUT2D eigenvalue weighted by molar-refractivity contribution is 6.22. The summed E-state index contributed by atoms with van der Waals surface area (Å²) in [5.74, 6) is 0. The summed E-state index contributed by atoms with van der Waals surface area (Å²) in [7, 11) is 0. The van der Waals surface area contributed by atoms with Crippen LogP contribution in [0.2, 0.25) is 0 Å². The summed E-state index contributed by atoms with van der Waals surface area (Å²) in [5, 5.41) is 5.07. The fraction of sp³-hybridized carbons (Fsp3) is 0.0968. The van der Waals surface area contributed by atoms with Crippen molar-refractivity contribution < 1.29 is 0 Å². The van der Waals surface area contributed by atoms with Crippen molar-refractivity contribution >= 4 is 38.6 Å². The van der Waals surface area contributed by atoms with Crippen molar-refractivity contribution in [3.8, 4) is 55.6 Å². The first-order valence-corrected chi connectivity index (χ1v) is 22.3. The van der Waals surface area contributed by atoms with Gasteiger partial charge in [0, 0.05) is 27.9 Å². The first-order chi connectivity index (χ1) is 30.8. The molecule has 63 heavy (non-hydrogen) atoms. The number of fused-ring (bicyclic) bond motifs is 8. The van der Waals surface area contributed by atoms with Gasteiger partial charge in [0.25, 0.3) is 0 Å². The maximum atomic E-state index is 2.49. The summed E-state index contributed by atoms with van der Waals surface area (Å²) < 4.78 is 0. The van der Waals surface area contributed by atoms with Crippen LogP contribution in [0.4, 0.5) is 17.1 Å². The van der Waals surface area contributed by atoms with Gasteiger partial charge < -0.3 is 4.90 Å². The number of para-hydroxylation sites is 2. The van der Waals surface area contributed by atoms with Gasteiger partial charge in [-0.05, 0) is 154 Å². The third kappa shape index (κ3) is 5.69. The lowest BCUT2D eigenvalue weighted by atomic mass is 9.79. The van der Waals surface area contributed by atoms with Gasteiger partial charge in [-0.3, -0.25) is 0 Å². The molecule has 10 aromatic rings. The van der Waals surface area contributed by atoms with Crippen LogP contribution in [0.1, 0.15) is 49.9 Å². The molecule has 0 fully saturated rings. The highest BCUT2D eigenvalue weighted by atomic mass is 15.1. The Kier molecular flexibility index (Phi) is 8.30. The van der Waals surface area contributed by atoms with E-state index >= 15 is 0 Å². The molecule has 2 aliphatic carbocycles. The molecule has 0 amide bonds. The molecule has 0 bridgehead atoms. The summed E-state index contributed by atoms with van der Waals surface area (Å²) in [6.07, 6.45) is 0. The minimum atomic E-state index is -0.109. The van der Waals surface area contributed by atoms with Crippen LogP contribution < -0.4 is 4.90 Å². The Hall–Kier alpha value is -7.48. The van der Waals surface area contributed by atoms with E-state index in [1.165, 1.54) is 99.4 Å². The van der Waals surface area contributed by atoms with E-state index in [2.05, 4.69) is 245 Å². The molecule has 0 N–H and O–H groups in total. The Morgan fingerprint density at radius 2 is 0.651 bits per heavy atom. The van der Waals surface area contributed by atoms with Crippen molar-refractivity contribution in [2.45, 2.75) is 38.5 Å². The molecular weight excluding hydrogens is 759 g/mol. The van der Waals surface area contributed by atoms with E-state index in [-0.39, 0.29) is 10.8 Å². The van der Waals surface area contributed by atoms with E-state index in [0.29, 0.717) is 0 Å². The maximum absolute atomic E-state index is 2.49. The molecule has 0 atom stereocenters. The fourth-order valence-corrected chi connectivity index (χ4v) is 11.1. The summed E-state index contributed by atoms with van der Waals surface area (Å²) in [4.78, 5) is 2.32. The van der Waals surface area contributed by atoms with Gasteiger partial charge in [-0.25, -0.2) is 0 Å². The molecule has 2 aliphatic rings. The predicted octanol–water partition coefficient (Wildman–Crippen LogP) is 17.1. The van der Waals surface area contributed by atoms with E-state index in [9.17, 15) is 0 Å². The molecule has 0 unspecified atom stereocenters. The molecule has 10 aromatic carbocycles. The van der Waals surface area contributed by atoms with Crippen molar-refractivity contribution in [2.75, 3.05) is 4.90 Å². The van der Waals surface area contributed by atoms with Crippen LogP contribution in [-0.2, 0) is 10.8 Å². The average Bonchev–Trinajstić information content (AvgIpc) is 3.70. The van der Waals surface area contributed by atoms with Crippen molar-refractivity contribution in [1.29, 1.82) is 0 Å². The number of hydrogen-bond donors (Lipinski definition) is 0. The zero-order valence-corrected chi connectivity index (χ0v) is 36.2. The SMILES string of the molecule is CC1(C)c2ccccc2-c2ccc(-c3c4ccccc4c(-c4ccc5c(c4)C(C)(C)c4ccccc4-5)c4cc(-c5ccc(N(c6ccccc6)c6ccccc6)cc5)ccc34)cc21. The van der Waals surface area contributed by atoms with Gasteiger partial charge in [0.2, 0.25) is 0 Å². The molecular formula is C62H47N. The minimum Gasteiger partial charge on any atom is -0.311 e. The monoisotopic (exact) mass is 805 g/mol.